The molecule has 0 aliphatic carbocycles. The van der Waals surface area contributed by atoms with Crippen molar-refractivity contribution in [3.63, 3.8) is 0 Å². The summed E-state index contributed by atoms with van der Waals surface area (Å²) in [6.07, 6.45) is 1.57. The van der Waals surface area contributed by atoms with Crippen molar-refractivity contribution in [1.29, 1.82) is 0 Å². The van der Waals surface area contributed by atoms with Crippen molar-refractivity contribution in [2.24, 2.45) is 0 Å². The Labute approximate surface area is 156 Å². The van der Waals surface area contributed by atoms with E-state index in [1.807, 2.05) is 24.5 Å². The summed E-state index contributed by atoms with van der Waals surface area (Å²) in [7, 11) is 0. The van der Waals surface area contributed by atoms with Crippen LogP contribution in [-0.4, -0.2) is 32.9 Å². The Morgan fingerprint density at radius 2 is 1.85 bits per heavy atom. The summed E-state index contributed by atoms with van der Waals surface area (Å²) in [5.41, 5.74) is 3.35. The van der Waals surface area contributed by atoms with Gasteiger partial charge in [-0.15, -0.1) is 0 Å². The van der Waals surface area contributed by atoms with E-state index >= 15 is 0 Å². The van der Waals surface area contributed by atoms with Crippen LogP contribution in [0.25, 0.3) is 11.8 Å². The number of carbonyl (C=O) groups is 2. The number of likely N-dealkylation sites (N-methyl/N-ethyl adjacent to an activating group) is 1. The standard InChI is InChI=1S/C19H18FN3O2S/c1-4-22-18(25)16(17(24)21-19(22)26)10-13-9-11(2)23(12(13)3)15-7-5-14(20)6-8-15/h5-10H,4H2,1-3H3,(H,21,24,26)/b16-10+. The number of halogens is 1. The zero-order valence-corrected chi connectivity index (χ0v) is 15.5. The van der Waals surface area contributed by atoms with E-state index in [1.54, 1.807) is 25.1 Å². The number of hydrogen-bond acceptors (Lipinski definition) is 3. The molecule has 3 rings (SSSR count). The number of amides is 2. The molecule has 0 bridgehead atoms. The van der Waals surface area contributed by atoms with Gasteiger partial charge in [-0.3, -0.25) is 19.8 Å². The van der Waals surface area contributed by atoms with Crippen molar-refractivity contribution in [2.45, 2.75) is 20.8 Å². The monoisotopic (exact) mass is 371 g/mol. The quantitative estimate of drug-likeness (QED) is 0.513. The van der Waals surface area contributed by atoms with Crippen LogP contribution in [0.5, 0.6) is 0 Å². The molecule has 2 aromatic rings. The zero-order valence-electron chi connectivity index (χ0n) is 14.7. The number of hydrogen-bond donors (Lipinski definition) is 1. The predicted molar refractivity (Wildman–Crippen MR) is 101 cm³/mol. The Morgan fingerprint density at radius 3 is 2.46 bits per heavy atom. The van der Waals surface area contributed by atoms with Crippen LogP contribution in [0.1, 0.15) is 23.9 Å². The molecule has 0 unspecified atom stereocenters. The number of thiocarbonyl (C=S) groups is 1. The maximum atomic E-state index is 13.2. The van der Waals surface area contributed by atoms with E-state index in [-0.39, 0.29) is 16.5 Å². The molecule has 0 spiro atoms. The molecule has 26 heavy (non-hydrogen) atoms. The summed E-state index contributed by atoms with van der Waals surface area (Å²) in [5, 5.41) is 2.66. The number of aryl methyl sites for hydroxylation is 1. The SMILES string of the molecule is CCN1C(=O)/C(=C/c2cc(C)n(-c3ccc(F)cc3)c2C)C(=O)NC1=S. The molecule has 0 atom stereocenters. The minimum Gasteiger partial charge on any atom is -0.318 e. The molecule has 1 fully saturated rings. The number of rotatable bonds is 3. The number of carbonyl (C=O) groups excluding carboxylic acids is 2. The highest BCUT2D eigenvalue weighted by atomic mass is 32.1. The molecule has 0 saturated carbocycles. The average molecular weight is 371 g/mol. The molecular weight excluding hydrogens is 353 g/mol. The largest absolute Gasteiger partial charge is 0.318 e. The molecule has 134 valence electrons. The van der Waals surface area contributed by atoms with Crippen molar-refractivity contribution in [3.05, 3.63) is 58.7 Å². The minimum atomic E-state index is -0.503. The topological polar surface area (TPSA) is 54.3 Å². The fraction of sp³-hybridized carbons (Fsp3) is 0.211. The number of aromatic nitrogens is 1. The summed E-state index contributed by atoms with van der Waals surface area (Å²) < 4.78 is 15.1. The average Bonchev–Trinajstić information content (AvgIpc) is 2.86. The van der Waals surface area contributed by atoms with E-state index in [0.29, 0.717) is 6.54 Å². The summed E-state index contributed by atoms with van der Waals surface area (Å²) in [5.74, 6) is -1.22. The summed E-state index contributed by atoms with van der Waals surface area (Å²) >= 11 is 5.03. The molecule has 1 aliphatic rings. The maximum absolute atomic E-state index is 13.2. The second-order valence-corrected chi connectivity index (χ2v) is 6.39. The van der Waals surface area contributed by atoms with Crippen molar-refractivity contribution >= 4 is 35.2 Å². The van der Waals surface area contributed by atoms with Gasteiger partial charge < -0.3 is 4.57 Å². The van der Waals surface area contributed by atoms with Crippen LogP contribution >= 0.6 is 12.2 Å². The van der Waals surface area contributed by atoms with Crippen molar-refractivity contribution in [1.82, 2.24) is 14.8 Å². The van der Waals surface area contributed by atoms with E-state index in [4.69, 9.17) is 12.2 Å². The molecule has 5 nitrogen and oxygen atoms in total. The van der Waals surface area contributed by atoms with Crippen LogP contribution in [-0.2, 0) is 9.59 Å². The highest BCUT2D eigenvalue weighted by molar-refractivity contribution is 7.80. The van der Waals surface area contributed by atoms with Gasteiger partial charge in [0.15, 0.2) is 5.11 Å². The predicted octanol–water partition coefficient (Wildman–Crippen LogP) is 2.88. The first kappa shape index (κ1) is 18.0. The van der Waals surface area contributed by atoms with Gasteiger partial charge in [-0.1, -0.05) is 0 Å². The molecule has 1 saturated heterocycles. The minimum absolute atomic E-state index is 0.0415. The van der Waals surface area contributed by atoms with Crippen LogP contribution in [0.15, 0.2) is 35.9 Å². The lowest BCUT2D eigenvalue weighted by Crippen LogP contribution is -2.53. The second kappa shape index (κ2) is 6.84. The molecule has 2 heterocycles. The first-order chi connectivity index (χ1) is 12.3. The van der Waals surface area contributed by atoms with Gasteiger partial charge in [-0.05, 0) is 75.0 Å². The fourth-order valence-electron chi connectivity index (χ4n) is 3.06. The first-order valence-corrected chi connectivity index (χ1v) is 8.58. The first-order valence-electron chi connectivity index (χ1n) is 8.17. The third-order valence-electron chi connectivity index (χ3n) is 4.36. The number of benzene rings is 1. The lowest BCUT2D eigenvalue weighted by atomic mass is 10.1. The van der Waals surface area contributed by atoms with E-state index in [9.17, 15) is 14.0 Å². The van der Waals surface area contributed by atoms with E-state index in [0.717, 1.165) is 22.6 Å². The molecule has 2 amide bonds. The highest BCUT2D eigenvalue weighted by Gasteiger charge is 2.32. The Bertz CT molecular complexity index is 944. The Balaban J connectivity index is 2.05. The van der Waals surface area contributed by atoms with Crippen molar-refractivity contribution in [3.8, 4) is 5.69 Å². The molecule has 0 radical (unpaired) electrons. The van der Waals surface area contributed by atoms with Gasteiger partial charge in [-0.2, -0.15) is 0 Å². The normalized spacial score (nSPS) is 16.4. The summed E-state index contributed by atoms with van der Waals surface area (Å²) in [6.45, 7) is 5.97. The number of nitrogens with zero attached hydrogens (tertiary/aromatic N) is 2. The molecular formula is C19H18FN3O2S. The Kier molecular flexibility index (Phi) is 4.73. The van der Waals surface area contributed by atoms with Crippen LogP contribution < -0.4 is 5.32 Å². The smallest absolute Gasteiger partial charge is 0.265 e. The maximum Gasteiger partial charge on any atom is 0.265 e. The van der Waals surface area contributed by atoms with Crippen molar-refractivity contribution in [2.75, 3.05) is 6.54 Å². The van der Waals surface area contributed by atoms with Gasteiger partial charge in [0.2, 0.25) is 0 Å². The van der Waals surface area contributed by atoms with Gasteiger partial charge in [0.05, 0.1) is 0 Å². The second-order valence-electron chi connectivity index (χ2n) is 6.00. The molecule has 1 aromatic heterocycles. The molecule has 1 N–H and O–H groups in total. The van der Waals surface area contributed by atoms with Gasteiger partial charge in [0.25, 0.3) is 11.8 Å². The van der Waals surface area contributed by atoms with Gasteiger partial charge in [0, 0.05) is 23.6 Å². The van der Waals surface area contributed by atoms with Crippen LogP contribution in [0, 0.1) is 19.7 Å². The summed E-state index contributed by atoms with van der Waals surface area (Å²) in [4.78, 5) is 26.1. The van der Waals surface area contributed by atoms with Crippen LogP contribution in [0.2, 0.25) is 0 Å². The number of nitrogens with one attached hydrogen (secondary N) is 1. The fourth-order valence-corrected chi connectivity index (χ4v) is 3.36. The van der Waals surface area contributed by atoms with Crippen molar-refractivity contribution < 1.29 is 14.0 Å². The molecule has 7 heteroatoms. The van der Waals surface area contributed by atoms with Gasteiger partial charge in [0.1, 0.15) is 11.4 Å². The Morgan fingerprint density at radius 1 is 1.19 bits per heavy atom. The van der Waals surface area contributed by atoms with E-state index < -0.39 is 11.8 Å². The van der Waals surface area contributed by atoms with Crippen LogP contribution in [0.3, 0.4) is 0 Å². The third-order valence-corrected chi connectivity index (χ3v) is 4.68. The van der Waals surface area contributed by atoms with Crippen LogP contribution in [0.4, 0.5) is 4.39 Å². The third kappa shape index (κ3) is 3.06. The van der Waals surface area contributed by atoms with Gasteiger partial charge >= 0.3 is 0 Å². The van der Waals surface area contributed by atoms with E-state index in [1.165, 1.54) is 17.0 Å². The summed E-state index contributed by atoms with van der Waals surface area (Å²) in [6, 6.07) is 8.04. The lowest BCUT2D eigenvalue weighted by molar-refractivity contribution is -0.128. The molecule has 1 aliphatic heterocycles. The van der Waals surface area contributed by atoms with E-state index in [2.05, 4.69) is 5.32 Å². The zero-order chi connectivity index (χ0) is 19.0. The molecule has 1 aromatic carbocycles. The highest BCUT2D eigenvalue weighted by Crippen LogP contribution is 2.24. The lowest BCUT2D eigenvalue weighted by Gasteiger charge is -2.27. The van der Waals surface area contributed by atoms with Gasteiger partial charge in [-0.25, -0.2) is 4.39 Å². The Hall–Kier alpha value is -2.80.